The molecular formula is C7H8BNO2S. The lowest BCUT2D eigenvalue weighted by molar-refractivity contribution is 0.425. The van der Waals surface area contributed by atoms with Crippen LogP contribution in [0.1, 0.15) is 5.56 Å². The van der Waals surface area contributed by atoms with Gasteiger partial charge in [0.25, 0.3) is 0 Å². The Bertz CT molecular complexity index is 303. The van der Waals surface area contributed by atoms with Crippen LogP contribution in [0.4, 0.5) is 0 Å². The Labute approximate surface area is 76.0 Å². The van der Waals surface area contributed by atoms with E-state index in [2.05, 4.69) is 0 Å². The summed E-state index contributed by atoms with van der Waals surface area (Å²) in [7, 11) is -1.53. The summed E-state index contributed by atoms with van der Waals surface area (Å²) in [4.78, 5) is 0.165. The molecule has 0 spiro atoms. The molecule has 1 aromatic carbocycles. The minimum atomic E-state index is -1.53. The van der Waals surface area contributed by atoms with Gasteiger partial charge in [-0.25, -0.2) is 0 Å². The quantitative estimate of drug-likeness (QED) is 0.404. The summed E-state index contributed by atoms with van der Waals surface area (Å²) in [5, 5.41) is 17.8. The van der Waals surface area contributed by atoms with E-state index in [-0.39, 0.29) is 4.99 Å². The molecule has 12 heavy (non-hydrogen) atoms. The first-order chi connectivity index (χ1) is 5.63. The number of benzene rings is 1. The smallest absolute Gasteiger partial charge is 0.423 e. The van der Waals surface area contributed by atoms with Gasteiger partial charge in [-0.15, -0.1) is 0 Å². The first-order valence-corrected chi connectivity index (χ1v) is 3.78. The minimum Gasteiger partial charge on any atom is -0.423 e. The van der Waals surface area contributed by atoms with Crippen LogP contribution < -0.4 is 11.2 Å². The summed E-state index contributed by atoms with van der Waals surface area (Å²) >= 11 is 4.72. The summed E-state index contributed by atoms with van der Waals surface area (Å²) in [6.07, 6.45) is 0. The standard InChI is InChI=1S/C7H8BNO2S/c9-7(12)5-3-1-2-4-6(5)8(10)11/h1-4,10-11H,(H2,9,12). The molecule has 0 amide bonds. The third kappa shape index (κ3) is 1.82. The van der Waals surface area contributed by atoms with Crippen molar-refractivity contribution in [2.24, 2.45) is 5.73 Å². The summed E-state index contributed by atoms with van der Waals surface area (Å²) in [6.45, 7) is 0. The predicted molar refractivity (Wildman–Crippen MR) is 52.2 cm³/mol. The molecule has 0 aromatic heterocycles. The fourth-order valence-corrected chi connectivity index (χ4v) is 1.13. The van der Waals surface area contributed by atoms with Gasteiger partial charge in [-0.3, -0.25) is 0 Å². The van der Waals surface area contributed by atoms with Crippen molar-refractivity contribution in [2.75, 3.05) is 0 Å². The van der Waals surface area contributed by atoms with E-state index >= 15 is 0 Å². The molecule has 0 aliphatic rings. The number of rotatable bonds is 2. The number of hydrogen-bond acceptors (Lipinski definition) is 3. The van der Waals surface area contributed by atoms with Gasteiger partial charge in [-0.1, -0.05) is 36.5 Å². The highest BCUT2D eigenvalue weighted by Gasteiger charge is 2.15. The summed E-state index contributed by atoms with van der Waals surface area (Å²) < 4.78 is 0. The molecule has 62 valence electrons. The molecule has 0 heterocycles. The van der Waals surface area contributed by atoms with Gasteiger partial charge in [0.15, 0.2) is 0 Å². The van der Waals surface area contributed by atoms with Crippen LogP contribution in [0.25, 0.3) is 0 Å². The summed E-state index contributed by atoms with van der Waals surface area (Å²) in [5.41, 5.74) is 6.20. The fraction of sp³-hybridized carbons (Fsp3) is 0. The Morgan fingerprint density at radius 1 is 1.33 bits per heavy atom. The lowest BCUT2D eigenvalue weighted by Crippen LogP contribution is -2.35. The van der Waals surface area contributed by atoms with E-state index in [1.807, 2.05) is 0 Å². The first kappa shape index (κ1) is 9.19. The lowest BCUT2D eigenvalue weighted by atomic mass is 9.77. The number of hydrogen-bond donors (Lipinski definition) is 3. The molecule has 0 unspecified atom stereocenters. The van der Waals surface area contributed by atoms with E-state index in [0.29, 0.717) is 11.0 Å². The molecular weight excluding hydrogens is 173 g/mol. The molecule has 5 heteroatoms. The van der Waals surface area contributed by atoms with Crippen LogP contribution in [0.5, 0.6) is 0 Å². The highest BCUT2D eigenvalue weighted by Crippen LogP contribution is 1.96. The van der Waals surface area contributed by atoms with Crippen molar-refractivity contribution in [3.05, 3.63) is 29.8 Å². The molecule has 0 atom stereocenters. The van der Waals surface area contributed by atoms with Crippen molar-refractivity contribution < 1.29 is 10.0 Å². The molecule has 3 nitrogen and oxygen atoms in total. The zero-order chi connectivity index (χ0) is 9.14. The molecule has 0 fully saturated rings. The van der Waals surface area contributed by atoms with Crippen LogP contribution in [0, 0.1) is 0 Å². The third-order valence-electron chi connectivity index (χ3n) is 1.50. The largest absolute Gasteiger partial charge is 0.489 e. The van der Waals surface area contributed by atoms with Crippen molar-refractivity contribution in [3.8, 4) is 0 Å². The first-order valence-electron chi connectivity index (χ1n) is 3.38. The van der Waals surface area contributed by atoms with E-state index in [0.717, 1.165) is 0 Å². The van der Waals surface area contributed by atoms with Gasteiger partial charge in [-0.2, -0.15) is 0 Å². The van der Waals surface area contributed by atoms with E-state index < -0.39 is 7.12 Å². The third-order valence-corrected chi connectivity index (χ3v) is 1.72. The van der Waals surface area contributed by atoms with Crippen molar-refractivity contribution in [1.82, 2.24) is 0 Å². The molecule has 0 aliphatic heterocycles. The van der Waals surface area contributed by atoms with Gasteiger partial charge in [-0.05, 0) is 5.46 Å². The SMILES string of the molecule is NC(=S)c1ccccc1B(O)O. The van der Waals surface area contributed by atoms with Gasteiger partial charge in [0.2, 0.25) is 0 Å². The normalized spacial score (nSPS) is 9.50. The second-order valence-electron chi connectivity index (χ2n) is 2.33. The predicted octanol–water partition coefficient (Wildman–Crippen LogP) is -0.999. The van der Waals surface area contributed by atoms with Crippen LogP contribution in [-0.4, -0.2) is 22.2 Å². The average molecular weight is 181 g/mol. The van der Waals surface area contributed by atoms with Gasteiger partial charge in [0.05, 0.1) is 0 Å². The Morgan fingerprint density at radius 3 is 2.33 bits per heavy atom. The molecule has 0 radical (unpaired) electrons. The van der Waals surface area contributed by atoms with Crippen LogP contribution in [0.2, 0.25) is 0 Å². The van der Waals surface area contributed by atoms with E-state index in [4.69, 9.17) is 28.0 Å². The van der Waals surface area contributed by atoms with E-state index in [9.17, 15) is 0 Å². The van der Waals surface area contributed by atoms with E-state index in [1.54, 1.807) is 24.3 Å². The lowest BCUT2D eigenvalue weighted by Gasteiger charge is -2.05. The molecule has 0 saturated carbocycles. The Morgan fingerprint density at radius 2 is 1.92 bits per heavy atom. The van der Waals surface area contributed by atoms with Gasteiger partial charge in [0, 0.05) is 5.56 Å². The van der Waals surface area contributed by atoms with Crippen molar-refractivity contribution in [3.63, 3.8) is 0 Å². The maximum absolute atomic E-state index is 8.89. The fourth-order valence-electron chi connectivity index (χ4n) is 0.947. The molecule has 0 bridgehead atoms. The van der Waals surface area contributed by atoms with Crippen LogP contribution in [0.3, 0.4) is 0 Å². The van der Waals surface area contributed by atoms with Gasteiger partial charge in [0.1, 0.15) is 4.99 Å². The maximum atomic E-state index is 8.89. The van der Waals surface area contributed by atoms with Crippen molar-refractivity contribution in [1.29, 1.82) is 0 Å². The molecule has 0 aliphatic carbocycles. The minimum absolute atomic E-state index is 0.165. The number of nitrogens with two attached hydrogens (primary N) is 1. The Hall–Kier alpha value is -0.905. The highest BCUT2D eigenvalue weighted by molar-refractivity contribution is 7.80. The zero-order valence-corrected chi connectivity index (χ0v) is 7.08. The summed E-state index contributed by atoms with van der Waals surface area (Å²) in [5.74, 6) is 0. The Balaban J connectivity index is 3.17. The summed E-state index contributed by atoms with van der Waals surface area (Å²) in [6, 6.07) is 6.65. The maximum Gasteiger partial charge on any atom is 0.489 e. The molecule has 1 aromatic rings. The Kier molecular flexibility index (Phi) is 2.81. The van der Waals surface area contributed by atoms with Gasteiger partial charge < -0.3 is 15.8 Å². The monoisotopic (exact) mass is 181 g/mol. The van der Waals surface area contributed by atoms with Crippen LogP contribution >= 0.6 is 12.2 Å². The topological polar surface area (TPSA) is 66.5 Å². The second kappa shape index (κ2) is 3.66. The second-order valence-corrected chi connectivity index (χ2v) is 2.76. The zero-order valence-electron chi connectivity index (χ0n) is 6.27. The van der Waals surface area contributed by atoms with Crippen molar-refractivity contribution >= 4 is 29.8 Å². The average Bonchev–Trinajstić information content (AvgIpc) is 2.04. The van der Waals surface area contributed by atoms with Crippen molar-refractivity contribution in [2.45, 2.75) is 0 Å². The molecule has 0 saturated heterocycles. The van der Waals surface area contributed by atoms with E-state index in [1.165, 1.54) is 0 Å². The van der Waals surface area contributed by atoms with Gasteiger partial charge >= 0.3 is 7.12 Å². The molecule has 1 rings (SSSR count). The van der Waals surface area contributed by atoms with Crippen LogP contribution in [-0.2, 0) is 0 Å². The molecule has 4 N–H and O–H groups in total. The highest BCUT2D eigenvalue weighted by atomic mass is 32.1. The number of thiocarbonyl (C=S) groups is 1. The van der Waals surface area contributed by atoms with Crippen LogP contribution in [0.15, 0.2) is 24.3 Å².